The van der Waals surface area contributed by atoms with Gasteiger partial charge in [-0.05, 0) is 24.6 Å². The van der Waals surface area contributed by atoms with Gasteiger partial charge in [-0.3, -0.25) is 0 Å². The van der Waals surface area contributed by atoms with Gasteiger partial charge in [0.15, 0.2) is 6.10 Å². The van der Waals surface area contributed by atoms with Crippen LogP contribution in [0.25, 0.3) is 0 Å². The molecule has 21 heavy (non-hydrogen) atoms. The molecule has 0 aliphatic rings. The molecule has 112 valence electrons. The molecular formula is C14H14Br2N2O2S. The first-order chi connectivity index (χ1) is 10.1. The highest BCUT2D eigenvalue weighted by Gasteiger charge is 2.25. The topological polar surface area (TPSA) is 36.3 Å². The molecule has 2 atom stereocenters. The zero-order chi connectivity index (χ0) is 15.2. The van der Waals surface area contributed by atoms with Crippen LogP contribution >= 0.6 is 44.1 Å². The molecule has 0 saturated heterocycles. The third-order valence-corrected chi connectivity index (χ3v) is 4.44. The number of aromatic nitrogens is 2. The molecule has 0 aliphatic carbocycles. The Morgan fingerprint density at radius 1 is 1.38 bits per heavy atom. The fourth-order valence-electron chi connectivity index (χ4n) is 1.76. The van der Waals surface area contributed by atoms with Gasteiger partial charge in [0.05, 0.1) is 12.9 Å². The van der Waals surface area contributed by atoms with Crippen molar-refractivity contribution >= 4 is 49.3 Å². The quantitative estimate of drug-likeness (QED) is 0.509. The molecule has 1 heterocycles. The number of ether oxygens (including phenoxy) is 2. The maximum atomic E-state index is 5.80. The van der Waals surface area contributed by atoms with Crippen LogP contribution in [0.4, 0.5) is 0 Å². The van der Waals surface area contributed by atoms with E-state index in [1.165, 1.54) is 0 Å². The molecule has 1 aromatic carbocycles. The summed E-state index contributed by atoms with van der Waals surface area (Å²) in [4.78, 5) is 3.90. The monoisotopic (exact) mass is 432 g/mol. The van der Waals surface area contributed by atoms with Gasteiger partial charge in [-0.1, -0.05) is 44.0 Å². The maximum absolute atomic E-state index is 5.80. The summed E-state index contributed by atoms with van der Waals surface area (Å²) in [6.07, 6.45) is 4.97. The zero-order valence-corrected chi connectivity index (χ0v) is 15.3. The lowest BCUT2D eigenvalue weighted by molar-refractivity contribution is 0.108. The molecule has 2 unspecified atom stereocenters. The van der Waals surface area contributed by atoms with Crippen LogP contribution < -0.4 is 0 Å². The van der Waals surface area contributed by atoms with Crippen LogP contribution in [0.5, 0.6) is 0 Å². The molecule has 2 rings (SSSR count). The number of hydrogen-bond acceptors (Lipinski definition) is 4. The average molecular weight is 434 g/mol. The molecule has 0 bridgehead atoms. The lowest BCUT2D eigenvalue weighted by Gasteiger charge is -2.25. The second kappa shape index (κ2) is 7.91. The summed E-state index contributed by atoms with van der Waals surface area (Å²) in [5, 5.41) is 0.134. The number of alkyl halides is 1. The summed E-state index contributed by atoms with van der Waals surface area (Å²) in [5.74, 6) is 0. The summed E-state index contributed by atoms with van der Waals surface area (Å²) < 4.78 is 13.9. The first-order valence-corrected chi connectivity index (χ1v) is 8.44. The molecule has 0 aliphatic heterocycles. The van der Waals surface area contributed by atoms with Crippen molar-refractivity contribution in [3.63, 3.8) is 0 Å². The molecule has 0 N–H and O–H groups in total. The predicted molar refractivity (Wildman–Crippen MR) is 92.4 cm³/mol. The van der Waals surface area contributed by atoms with E-state index in [0.717, 1.165) is 10.0 Å². The average Bonchev–Trinajstić information content (AvgIpc) is 3.00. The van der Waals surface area contributed by atoms with E-state index in [1.807, 2.05) is 42.0 Å². The summed E-state index contributed by atoms with van der Waals surface area (Å²) in [6, 6.07) is 7.88. The Balaban J connectivity index is 2.25. The van der Waals surface area contributed by atoms with Crippen molar-refractivity contribution in [3.8, 4) is 0 Å². The van der Waals surface area contributed by atoms with Gasteiger partial charge >= 0.3 is 5.24 Å². The van der Waals surface area contributed by atoms with Gasteiger partial charge in [0.1, 0.15) is 4.95 Å². The van der Waals surface area contributed by atoms with Crippen molar-refractivity contribution in [2.45, 2.75) is 18.0 Å². The van der Waals surface area contributed by atoms with Gasteiger partial charge in [0.2, 0.25) is 0 Å². The van der Waals surface area contributed by atoms with E-state index in [0.29, 0.717) is 6.61 Å². The second-order valence-corrected chi connectivity index (χ2v) is 6.34. The fourth-order valence-corrected chi connectivity index (χ4v) is 2.90. The maximum Gasteiger partial charge on any atom is 0.352 e. The number of nitrogens with zero attached hydrogens (tertiary/aromatic N) is 2. The van der Waals surface area contributed by atoms with E-state index < -0.39 is 0 Å². The Labute approximate surface area is 145 Å². The molecule has 0 fully saturated rings. The SMILES string of the molecule is CCOC(=S)OC(c1ccc(Br)cc1)C(Br)n1ccnc1. The minimum atomic E-state index is -0.327. The van der Waals surface area contributed by atoms with Gasteiger partial charge < -0.3 is 14.0 Å². The van der Waals surface area contributed by atoms with Crippen LogP contribution in [0.1, 0.15) is 23.5 Å². The lowest BCUT2D eigenvalue weighted by atomic mass is 10.1. The zero-order valence-electron chi connectivity index (χ0n) is 11.3. The van der Waals surface area contributed by atoms with E-state index in [9.17, 15) is 0 Å². The highest BCUT2D eigenvalue weighted by Crippen LogP contribution is 2.35. The molecule has 4 nitrogen and oxygen atoms in total. The van der Waals surface area contributed by atoms with E-state index in [2.05, 4.69) is 36.8 Å². The lowest BCUT2D eigenvalue weighted by Crippen LogP contribution is -2.19. The number of rotatable bonds is 5. The highest BCUT2D eigenvalue weighted by molar-refractivity contribution is 9.10. The minimum absolute atomic E-state index is 0.134. The third-order valence-electron chi connectivity index (χ3n) is 2.74. The van der Waals surface area contributed by atoms with Crippen LogP contribution in [-0.2, 0) is 9.47 Å². The largest absolute Gasteiger partial charge is 0.457 e. The number of imidazole rings is 1. The van der Waals surface area contributed by atoms with Gasteiger partial charge in [-0.25, -0.2) is 4.98 Å². The third kappa shape index (κ3) is 4.52. The second-order valence-electron chi connectivity index (χ2n) is 4.16. The molecule has 0 spiro atoms. The summed E-state index contributed by atoms with van der Waals surface area (Å²) in [5.41, 5.74) is 0.982. The molecule has 2 aromatic rings. The highest BCUT2D eigenvalue weighted by atomic mass is 79.9. The summed E-state index contributed by atoms with van der Waals surface area (Å²) in [7, 11) is 0. The van der Waals surface area contributed by atoms with Crippen LogP contribution in [0, 0.1) is 0 Å². The number of benzene rings is 1. The van der Waals surface area contributed by atoms with E-state index >= 15 is 0 Å². The van der Waals surface area contributed by atoms with Crippen LogP contribution in [0.2, 0.25) is 0 Å². The van der Waals surface area contributed by atoms with Crippen LogP contribution in [0.15, 0.2) is 47.5 Å². The Hall–Kier alpha value is -0.920. The Kier molecular flexibility index (Phi) is 6.20. The van der Waals surface area contributed by atoms with Crippen LogP contribution in [0.3, 0.4) is 0 Å². The van der Waals surface area contributed by atoms with Crippen molar-refractivity contribution in [1.82, 2.24) is 9.55 Å². The van der Waals surface area contributed by atoms with Gasteiger partial charge in [0, 0.05) is 29.1 Å². The number of hydrogen-bond donors (Lipinski definition) is 0. The van der Waals surface area contributed by atoms with Gasteiger partial charge in [-0.2, -0.15) is 0 Å². The standard InChI is InChI=1S/C14H14Br2N2O2S/c1-2-19-14(21)20-12(10-3-5-11(15)6-4-10)13(16)18-8-7-17-9-18/h3-9,12-13H,2H2,1H3. The van der Waals surface area contributed by atoms with Crippen molar-refractivity contribution in [2.75, 3.05) is 6.61 Å². The number of thiocarbonyl (C=S) groups is 1. The molecule has 0 saturated carbocycles. The van der Waals surface area contributed by atoms with Crippen molar-refractivity contribution in [3.05, 3.63) is 53.0 Å². The summed E-state index contributed by atoms with van der Waals surface area (Å²) in [6.45, 7) is 2.34. The Morgan fingerprint density at radius 3 is 2.67 bits per heavy atom. The van der Waals surface area contributed by atoms with Crippen LogP contribution in [-0.4, -0.2) is 21.4 Å². The van der Waals surface area contributed by atoms with Crippen molar-refractivity contribution < 1.29 is 9.47 Å². The van der Waals surface area contributed by atoms with Crippen molar-refractivity contribution in [1.29, 1.82) is 0 Å². The molecule has 0 amide bonds. The fraction of sp³-hybridized carbons (Fsp3) is 0.286. The smallest absolute Gasteiger partial charge is 0.352 e. The first-order valence-electron chi connectivity index (χ1n) is 6.32. The van der Waals surface area contributed by atoms with E-state index in [4.69, 9.17) is 21.7 Å². The number of halogens is 2. The van der Waals surface area contributed by atoms with Crippen molar-refractivity contribution in [2.24, 2.45) is 0 Å². The molecular weight excluding hydrogens is 420 g/mol. The normalized spacial score (nSPS) is 13.5. The van der Waals surface area contributed by atoms with E-state index in [1.54, 1.807) is 12.5 Å². The summed E-state index contributed by atoms with van der Waals surface area (Å²) >= 11 is 12.2. The first kappa shape index (κ1) is 16.5. The molecule has 0 radical (unpaired) electrons. The molecule has 1 aromatic heterocycles. The van der Waals surface area contributed by atoms with Gasteiger partial charge in [0.25, 0.3) is 0 Å². The predicted octanol–water partition coefficient (Wildman–Crippen LogP) is 4.62. The van der Waals surface area contributed by atoms with E-state index in [-0.39, 0.29) is 16.3 Å². The minimum Gasteiger partial charge on any atom is -0.457 e. The Bertz CT molecular complexity index is 575. The van der Waals surface area contributed by atoms with Gasteiger partial charge in [-0.15, -0.1) is 0 Å². The molecule has 7 heteroatoms. The Morgan fingerprint density at radius 2 is 2.10 bits per heavy atom.